The van der Waals surface area contributed by atoms with Crippen LogP contribution in [0.15, 0.2) is 60.7 Å². The first-order chi connectivity index (χ1) is 20.6. The number of hydrogen-bond acceptors (Lipinski definition) is 4. The van der Waals surface area contributed by atoms with Crippen LogP contribution in [0.5, 0.6) is 0 Å². The molecule has 3 aromatic rings. The van der Waals surface area contributed by atoms with Gasteiger partial charge in [-0.1, -0.05) is 45.0 Å². The number of aliphatic hydroxyl groups is 1. The van der Waals surface area contributed by atoms with E-state index in [-0.39, 0.29) is 17.9 Å². The number of nitrogens with one attached hydrogen (secondary N) is 2. The highest BCUT2D eigenvalue weighted by atomic mass is 19.1. The van der Waals surface area contributed by atoms with Gasteiger partial charge in [0.05, 0.1) is 12.1 Å². The van der Waals surface area contributed by atoms with Crippen molar-refractivity contribution in [1.29, 1.82) is 0 Å². The van der Waals surface area contributed by atoms with Gasteiger partial charge >= 0.3 is 0 Å². The summed E-state index contributed by atoms with van der Waals surface area (Å²) in [6, 6.07) is 15.7. The Morgan fingerprint density at radius 1 is 0.860 bits per heavy atom. The lowest BCUT2D eigenvalue weighted by atomic mass is 9.97. The third-order valence-corrected chi connectivity index (χ3v) is 7.37. The van der Waals surface area contributed by atoms with Crippen molar-refractivity contribution in [3.8, 4) is 0 Å². The van der Waals surface area contributed by atoms with Gasteiger partial charge in [-0.25, -0.2) is 8.78 Å². The van der Waals surface area contributed by atoms with E-state index < -0.39 is 29.7 Å². The number of halogens is 2. The average Bonchev–Trinajstić information content (AvgIpc) is 2.97. The number of carbonyl (C=O) groups excluding carboxylic acids is 2. The number of carbonyl (C=O) groups is 2. The lowest BCUT2D eigenvalue weighted by Gasteiger charge is -2.25. The molecular formula is C35H45F2N3O3. The normalized spacial score (nSPS) is 12.5. The Morgan fingerprint density at radius 2 is 1.51 bits per heavy atom. The van der Waals surface area contributed by atoms with E-state index in [1.54, 1.807) is 23.1 Å². The number of amides is 2. The highest BCUT2D eigenvalue weighted by molar-refractivity contribution is 6.00. The zero-order valence-corrected chi connectivity index (χ0v) is 25.8. The first kappa shape index (κ1) is 33.9. The van der Waals surface area contributed by atoms with Gasteiger partial charge in [0.2, 0.25) is 0 Å². The van der Waals surface area contributed by atoms with Crippen molar-refractivity contribution in [1.82, 2.24) is 15.5 Å². The van der Waals surface area contributed by atoms with Gasteiger partial charge in [-0.15, -0.1) is 0 Å². The third-order valence-electron chi connectivity index (χ3n) is 7.37. The van der Waals surface area contributed by atoms with Crippen molar-refractivity contribution in [3.63, 3.8) is 0 Å². The predicted octanol–water partition coefficient (Wildman–Crippen LogP) is 5.98. The van der Waals surface area contributed by atoms with Crippen LogP contribution in [-0.2, 0) is 19.4 Å². The van der Waals surface area contributed by atoms with Gasteiger partial charge in [-0.05, 0) is 98.2 Å². The van der Waals surface area contributed by atoms with Crippen molar-refractivity contribution in [2.45, 2.75) is 78.5 Å². The van der Waals surface area contributed by atoms with Crippen LogP contribution in [0.3, 0.4) is 0 Å². The van der Waals surface area contributed by atoms with Crippen molar-refractivity contribution in [2.24, 2.45) is 0 Å². The highest BCUT2D eigenvalue weighted by Gasteiger charge is 2.24. The summed E-state index contributed by atoms with van der Waals surface area (Å²) in [6.07, 6.45) is 1.92. The predicted molar refractivity (Wildman–Crippen MR) is 167 cm³/mol. The highest BCUT2D eigenvalue weighted by Crippen LogP contribution is 2.17. The molecular weight excluding hydrogens is 548 g/mol. The molecule has 0 aliphatic heterocycles. The minimum Gasteiger partial charge on any atom is -0.391 e. The molecule has 2 amide bonds. The van der Waals surface area contributed by atoms with Crippen LogP contribution < -0.4 is 10.6 Å². The number of rotatable bonds is 16. The number of nitrogens with zero attached hydrogens (tertiary/aromatic N) is 1. The van der Waals surface area contributed by atoms with E-state index in [9.17, 15) is 23.5 Å². The fraction of sp³-hybridized carbons (Fsp3) is 0.429. The Kier molecular flexibility index (Phi) is 13.3. The van der Waals surface area contributed by atoms with Gasteiger partial charge in [0.25, 0.3) is 11.8 Å². The number of aliphatic hydroxyl groups excluding tert-OH is 1. The summed E-state index contributed by atoms with van der Waals surface area (Å²) < 4.78 is 27.9. The Bertz CT molecular complexity index is 1340. The van der Waals surface area contributed by atoms with Crippen molar-refractivity contribution >= 4 is 11.8 Å². The maximum Gasteiger partial charge on any atom is 0.253 e. The molecule has 3 rings (SSSR count). The number of benzene rings is 3. The minimum absolute atomic E-state index is 0.0263. The molecule has 0 aromatic heterocycles. The van der Waals surface area contributed by atoms with E-state index in [2.05, 4.69) is 29.7 Å². The van der Waals surface area contributed by atoms with E-state index in [4.69, 9.17) is 0 Å². The van der Waals surface area contributed by atoms with E-state index in [1.807, 2.05) is 32.9 Å². The molecule has 0 spiro atoms. The Hall–Kier alpha value is -3.62. The molecule has 0 aliphatic carbocycles. The van der Waals surface area contributed by atoms with E-state index in [0.29, 0.717) is 43.7 Å². The quantitative estimate of drug-likeness (QED) is 0.179. The topological polar surface area (TPSA) is 81.7 Å². The molecule has 0 aliphatic rings. The van der Waals surface area contributed by atoms with Crippen molar-refractivity contribution in [3.05, 3.63) is 106 Å². The van der Waals surface area contributed by atoms with Gasteiger partial charge in [0, 0.05) is 36.8 Å². The van der Waals surface area contributed by atoms with Crippen molar-refractivity contribution < 1.29 is 23.5 Å². The fourth-order valence-corrected chi connectivity index (χ4v) is 5.24. The lowest BCUT2D eigenvalue weighted by molar-refractivity contribution is 0.0755. The lowest BCUT2D eigenvalue weighted by Crippen LogP contribution is -2.46. The SMILES string of the molecule is CCCN(CCC)C(=O)c1cc(C)cc(C(=O)N[C@@H](Cc2cc(F)cc(F)c2)[C@@H](O)CCNCc2cccc(CC)c2)c1. The summed E-state index contributed by atoms with van der Waals surface area (Å²) in [6.45, 7) is 10.3. The standard InChI is InChI=1S/C35H45F2N3O3/c1-5-13-40(14-6-2)35(43)29-16-24(4)15-28(21-29)34(42)39-32(20-27-18-30(36)22-31(37)19-27)33(41)11-12-38-23-26-10-8-9-25(7-3)17-26/h8-10,15-19,21-22,32-33,38,41H,5-7,11-14,20,23H2,1-4H3,(H,39,42)/t32-,33-/m0/s1. The monoisotopic (exact) mass is 593 g/mol. The maximum atomic E-state index is 14.0. The molecule has 0 radical (unpaired) electrons. The molecule has 0 heterocycles. The summed E-state index contributed by atoms with van der Waals surface area (Å²) in [5, 5.41) is 17.4. The molecule has 0 saturated carbocycles. The van der Waals surface area contributed by atoms with Crippen LogP contribution >= 0.6 is 0 Å². The van der Waals surface area contributed by atoms with Crippen LogP contribution in [0.2, 0.25) is 0 Å². The van der Waals surface area contributed by atoms with Crippen LogP contribution in [0.25, 0.3) is 0 Å². The Morgan fingerprint density at radius 3 is 2.16 bits per heavy atom. The van der Waals surface area contributed by atoms with Crippen LogP contribution in [0.1, 0.15) is 83.0 Å². The molecule has 0 fully saturated rings. The van der Waals surface area contributed by atoms with Gasteiger partial charge in [-0.2, -0.15) is 0 Å². The average molecular weight is 594 g/mol. The second-order valence-electron chi connectivity index (χ2n) is 11.1. The number of hydrogen-bond donors (Lipinski definition) is 3. The second kappa shape index (κ2) is 16.9. The Balaban J connectivity index is 1.76. The minimum atomic E-state index is -1.000. The van der Waals surface area contributed by atoms with Gasteiger partial charge in [0.15, 0.2) is 0 Å². The van der Waals surface area contributed by atoms with Crippen LogP contribution in [-0.4, -0.2) is 53.6 Å². The molecule has 232 valence electrons. The zero-order valence-electron chi connectivity index (χ0n) is 25.8. The summed E-state index contributed by atoms with van der Waals surface area (Å²) in [5.74, 6) is -2.06. The van der Waals surface area contributed by atoms with Crippen LogP contribution in [0.4, 0.5) is 8.78 Å². The first-order valence-corrected chi connectivity index (χ1v) is 15.3. The van der Waals surface area contributed by atoms with E-state index in [0.717, 1.165) is 36.5 Å². The zero-order chi connectivity index (χ0) is 31.4. The molecule has 3 aromatic carbocycles. The summed E-state index contributed by atoms with van der Waals surface area (Å²) in [7, 11) is 0. The van der Waals surface area contributed by atoms with Gasteiger partial charge in [-0.3, -0.25) is 9.59 Å². The van der Waals surface area contributed by atoms with E-state index >= 15 is 0 Å². The molecule has 0 saturated heterocycles. The molecule has 6 nitrogen and oxygen atoms in total. The first-order valence-electron chi connectivity index (χ1n) is 15.3. The summed E-state index contributed by atoms with van der Waals surface area (Å²) in [4.78, 5) is 28.5. The fourth-order valence-electron chi connectivity index (χ4n) is 5.24. The largest absolute Gasteiger partial charge is 0.391 e. The number of aryl methyl sites for hydroxylation is 2. The summed E-state index contributed by atoms with van der Waals surface area (Å²) in [5.41, 5.74) is 4.16. The molecule has 43 heavy (non-hydrogen) atoms. The molecule has 0 unspecified atom stereocenters. The van der Waals surface area contributed by atoms with Gasteiger partial charge in [0.1, 0.15) is 11.6 Å². The Labute approximate surface area is 254 Å². The second-order valence-corrected chi connectivity index (χ2v) is 11.1. The third kappa shape index (κ3) is 10.6. The molecule has 2 atom stereocenters. The van der Waals surface area contributed by atoms with Gasteiger partial charge < -0.3 is 20.6 Å². The van der Waals surface area contributed by atoms with E-state index in [1.165, 1.54) is 17.7 Å². The molecule has 8 heteroatoms. The summed E-state index contributed by atoms with van der Waals surface area (Å²) >= 11 is 0. The van der Waals surface area contributed by atoms with Crippen LogP contribution in [0, 0.1) is 18.6 Å². The van der Waals surface area contributed by atoms with Crippen molar-refractivity contribution in [2.75, 3.05) is 19.6 Å². The molecule has 0 bridgehead atoms. The molecule has 3 N–H and O–H groups in total. The maximum absolute atomic E-state index is 14.0. The smallest absolute Gasteiger partial charge is 0.253 e.